The number of nitrogens with one attached hydrogen (secondary N) is 2. The summed E-state index contributed by atoms with van der Waals surface area (Å²) in [7, 11) is 0. The van der Waals surface area contributed by atoms with Crippen molar-refractivity contribution >= 4 is 5.91 Å². The molecule has 0 fully saturated rings. The molecule has 82 valence electrons. The fourth-order valence-electron chi connectivity index (χ4n) is 1.07. The van der Waals surface area contributed by atoms with Crippen LogP contribution in [-0.2, 0) is 11.3 Å². The molecule has 0 spiro atoms. The van der Waals surface area contributed by atoms with Gasteiger partial charge in [-0.15, -0.1) is 0 Å². The van der Waals surface area contributed by atoms with E-state index in [1.165, 1.54) is 12.3 Å². The van der Waals surface area contributed by atoms with Crippen molar-refractivity contribution in [3.8, 4) is 0 Å². The van der Waals surface area contributed by atoms with Gasteiger partial charge in [0.15, 0.2) is 0 Å². The van der Waals surface area contributed by atoms with Gasteiger partial charge in [-0.05, 0) is 0 Å². The summed E-state index contributed by atoms with van der Waals surface area (Å²) in [5.41, 5.74) is 4.05. The molecule has 0 saturated heterocycles. The molecule has 1 aromatic heterocycles. The van der Waals surface area contributed by atoms with Gasteiger partial charge in [-0.1, -0.05) is 0 Å². The number of rotatable bonds is 5. The molecule has 0 radical (unpaired) electrons. The monoisotopic (exact) mass is 212 g/mol. The largest absolute Gasteiger partial charge is 0.369 e. The van der Waals surface area contributed by atoms with Gasteiger partial charge in [0, 0.05) is 25.4 Å². The molecule has 1 aromatic rings. The van der Waals surface area contributed by atoms with Crippen LogP contribution in [0, 0.1) is 0 Å². The van der Waals surface area contributed by atoms with E-state index in [1.807, 2.05) is 0 Å². The predicted molar refractivity (Wildman–Crippen MR) is 53.4 cm³/mol. The first-order valence-electron chi connectivity index (χ1n) is 4.39. The van der Waals surface area contributed by atoms with E-state index in [9.17, 15) is 14.4 Å². The second-order valence-electron chi connectivity index (χ2n) is 2.92. The first-order valence-corrected chi connectivity index (χ1v) is 4.39. The summed E-state index contributed by atoms with van der Waals surface area (Å²) in [4.78, 5) is 35.1. The topological polar surface area (TPSA) is 110 Å². The Morgan fingerprint density at radius 2 is 2.27 bits per heavy atom. The molecule has 15 heavy (non-hydrogen) atoms. The average molecular weight is 212 g/mol. The Labute approximate surface area is 84.9 Å². The first-order chi connectivity index (χ1) is 7.11. The van der Waals surface area contributed by atoms with Crippen molar-refractivity contribution in [2.75, 3.05) is 13.1 Å². The van der Waals surface area contributed by atoms with Gasteiger partial charge >= 0.3 is 5.69 Å². The van der Waals surface area contributed by atoms with Crippen LogP contribution < -0.4 is 22.3 Å². The van der Waals surface area contributed by atoms with E-state index < -0.39 is 11.6 Å². The first kappa shape index (κ1) is 11.2. The van der Waals surface area contributed by atoms with E-state index in [1.54, 1.807) is 0 Å². The minimum absolute atomic E-state index is 0.0273. The molecule has 7 heteroatoms. The highest BCUT2D eigenvalue weighted by Crippen LogP contribution is 1.70. The Balaban J connectivity index is 2.55. The van der Waals surface area contributed by atoms with Crippen LogP contribution in [0.15, 0.2) is 21.9 Å². The molecule has 0 aliphatic rings. The van der Waals surface area contributed by atoms with Crippen molar-refractivity contribution in [2.24, 2.45) is 5.73 Å². The lowest BCUT2D eigenvalue weighted by Crippen LogP contribution is -2.38. The summed E-state index contributed by atoms with van der Waals surface area (Å²) in [6, 6.07) is 1.26. The summed E-state index contributed by atoms with van der Waals surface area (Å²) >= 11 is 0. The average Bonchev–Trinajstić information content (AvgIpc) is 2.15. The van der Waals surface area contributed by atoms with Crippen LogP contribution in [0.5, 0.6) is 0 Å². The highest BCUT2D eigenvalue weighted by Gasteiger charge is 1.99. The molecule has 1 amide bonds. The van der Waals surface area contributed by atoms with Crippen LogP contribution in [0.3, 0.4) is 0 Å². The summed E-state index contributed by atoms with van der Waals surface area (Å²) in [6.45, 7) is 0.553. The highest BCUT2D eigenvalue weighted by molar-refractivity contribution is 5.75. The Morgan fingerprint density at radius 1 is 1.53 bits per heavy atom. The number of nitrogens with two attached hydrogens (primary N) is 1. The van der Waals surface area contributed by atoms with Crippen LogP contribution in [0.25, 0.3) is 0 Å². The lowest BCUT2D eigenvalue weighted by atomic mass is 10.5. The smallest absolute Gasteiger partial charge is 0.328 e. The van der Waals surface area contributed by atoms with Crippen molar-refractivity contribution in [1.82, 2.24) is 14.9 Å². The second kappa shape index (κ2) is 5.11. The maximum absolute atomic E-state index is 11.2. The number of hydrogen-bond donors (Lipinski definition) is 3. The number of carbonyl (C=O) groups excluding carboxylic acids is 1. The summed E-state index contributed by atoms with van der Waals surface area (Å²) in [6.07, 6.45) is 1.29. The number of aromatic amines is 1. The molecule has 0 aromatic carbocycles. The molecule has 0 unspecified atom stereocenters. The van der Waals surface area contributed by atoms with Gasteiger partial charge in [-0.2, -0.15) is 0 Å². The number of carbonyl (C=O) groups is 1. The molecule has 7 nitrogen and oxygen atoms in total. The van der Waals surface area contributed by atoms with Crippen LogP contribution in [0.4, 0.5) is 0 Å². The van der Waals surface area contributed by atoms with Gasteiger partial charge in [0.2, 0.25) is 5.91 Å². The molecule has 4 N–H and O–H groups in total. The highest BCUT2D eigenvalue weighted by atomic mass is 16.2. The zero-order valence-corrected chi connectivity index (χ0v) is 8.03. The van der Waals surface area contributed by atoms with Gasteiger partial charge in [0.25, 0.3) is 5.56 Å². The summed E-state index contributed by atoms with van der Waals surface area (Å²) < 4.78 is 1.04. The van der Waals surface area contributed by atoms with E-state index in [0.717, 1.165) is 4.57 Å². The van der Waals surface area contributed by atoms with Crippen LogP contribution in [0.1, 0.15) is 0 Å². The maximum atomic E-state index is 11.2. The van der Waals surface area contributed by atoms with Crippen LogP contribution >= 0.6 is 0 Å². The number of H-pyrrole nitrogens is 1. The Hall–Kier alpha value is -1.89. The van der Waals surface area contributed by atoms with E-state index in [-0.39, 0.29) is 18.6 Å². The van der Waals surface area contributed by atoms with E-state index in [4.69, 9.17) is 5.73 Å². The normalized spacial score (nSPS) is 10.1. The van der Waals surface area contributed by atoms with E-state index in [2.05, 4.69) is 10.3 Å². The Kier molecular flexibility index (Phi) is 3.81. The molecule has 0 atom stereocenters. The maximum Gasteiger partial charge on any atom is 0.328 e. The molecule has 0 saturated carbocycles. The summed E-state index contributed by atoms with van der Waals surface area (Å²) in [5, 5.41) is 2.70. The molecule has 0 bridgehead atoms. The van der Waals surface area contributed by atoms with Gasteiger partial charge < -0.3 is 16.0 Å². The van der Waals surface area contributed by atoms with Gasteiger partial charge in [0.05, 0.1) is 6.54 Å². The quantitative estimate of drug-likeness (QED) is 0.473. The number of nitrogens with zero attached hydrogens (tertiary/aromatic N) is 1. The predicted octanol–water partition coefficient (Wildman–Crippen LogP) is -2.39. The number of hydrogen-bond acceptors (Lipinski definition) is 4. The minimum atomic E-state index is -0.482. The molecule has 1 heterocycles. The number of amides is 1. The van der Waals surface area contributed by atoms with Gasteiger partial charge in [0.1, 0.15) is 0 Å². The lowest BCUT2D eigenvalue weighted by molar-refractivity contribution is -0.117. The zero-order valence-electron chi connectivity index (χ0n) is 8.03. The van der Waals surface area contributed by atoms with Crippen molar-refractivity contribution in [2.45, 2.75) is 6.54 Å². The third-order valence-corrected chi connectivity index (χ3v) is 1.76. The third kappa shape index (κ3) is 3.39. The van der Waals surface area contributed by atoms with E-state index in [0.29, 0.717) is 6.54 Å². The second-order valence-corrected chi connectivity index (χ2v) is 2.92. The fraction of sp³-hybridized carbons (Fsp3) is 0.375. The number of aromatic nitrogens is 2. The fourth-order valence-corrected chi connectivity index (χ4v) is 1.07. The molecular formula is C8H12N4O3. The van der Waals surface area contributed by atoms with E-state index >= 15 is 0 Å². The van der Waals surface area contributed by atoms with Gasteiger partial charge in [-0.25, -0.2) is 4.79 Å². The van der Waals surface area contributed by atoms with Crippen molar-refractivity contribution < 1.29 is 4.79 Å². The Morgan fingerprint density at radius 3 is 2.87 bits per heavy atom. The molecular weight excluding hydrogens is 200 g/mol. The van der Waals surface area contributed by atoms with Crippen molar-refractivity contribution in [1.29, 1.82) is 0 Å². The van der Waals surface area contributed by atoms with Crippen LogP contribution in [-0.4, -0.2) is 28.5 Å². The number of primary amides is 1. The molecule has 1 rings (SSSR count). The lowest BCUT2D eigenvalue weighted by Gasteiger charge is -2.03. The van der Waals surface area contributed by atoms with Crippen molar-refractivity contribution in [3.05, 3.63) is 33.1 Å². The standard InChI is InChI=1S/C8H12N4O3/c9-6(13)5-10-3-4-12-7(14)1-2-11-8(12)15/h1-2,10H,3-5H2,(H2,9,13)(H,11,15). The molecule has 0 aliphatic heterocycles. The van der Waals surface area contributed by atoms with Gasteiger partial charge in [-0.3, -0.25) is 14.2 Å². The minimum Gasteiger partial charge on any atom is -0.369 e. The van der Waals surface area contributed by atoms with Crippen LogP contribution in [0.2, 0.25) is 0 Å². The Bertz CT molecular complexity index is 419. The van der Waals surface area contributed by atoms with Crippen molar-refractivity contribution in [3.63, 3.8) is 0 Å². The third-order valence-electron chi connectivity index (χ3n) is 1.76. The molecule has 0 aliphatic carbocycles. The zero-order chi connectivity index (χ0) is 11.3. The SMILES string of the molecule is NC(=O)CNCCn1c(=O)cc[nH]c1=O. The summed E-state index contributed by atoms with van der Waals surface area (Å²) in [5.74, 6) is -0.482.